The smallest absolute Gasteiger partial charge is 0.0476 e. The van der Waals surface area contributed by atoms with Crippen LogP contribution in [0.15, 0.2) is 53.3 Å². The molecule has 1 aromatic carbocycles. The molecular formula is C17H20BrN3. The van der Waals surface area contributed by atoms with Gasteiger partial charge in [0, 0.05) is 48.6 Å². The maximum atomic E-state index is 4.28. The Morgan fingerprint density at radius 1 is 1.29 bits per heavy atom. The number of hydrogen-bond acceptors (Lipinski definition) is 3. The Morgan fingerprint density at radius 2 is 2.10 bits per heavy atom. The van der Waals surface area contributed by atoms with Crippen LogP contribution in [-0.4, -0.2) is 29.0 Å². The summed E-state index contributed by atoms with van der Waals surface area (Å²) in [5.74, 6) is 0. The highest BCUT2D eigenvalue weighted by Gasteiger charge is 2.26. The Bertz CT molecular complexity index is 588. The fourth-order valence-electron chi connectivity index (χ4n) is 2.94. The van der Waals surface area contributed by atoms with Crippen molar-refractivity contribution < 1.29 is 0 Å². The topological polar surface area (TPSA) is 28.2 Å². The van der Waals surface area contributed by atoms with Crippen LogP contribution in [0.4, 0.5) is 0 Å². The van der Waals surface area contributed by atoms with Crippen LogP contribution in [0.25, 0.3) is 0 Å². The van der Waals surface area contributed by atoms with Gasteiger partial charge in [-0.3, -0.25) is 9.88 Å². The van der Waals surface area contributed by atoms with E-state index in [0.29, 0.717) is 12.1 Å². The molecule has 2 atom stereocenters. The summed E-state index contributed by atoms with van der Waals surface area (Å²) >= 11 is 3.51. The first-order chi connectivity index (χ1) is 10.2. The summed E-state index contributed by atoms with van der Waals surface area (Å²) in [5.41, 5.74) is 2.62. The van der Waals surface area contributed by atoms with Gasteiger partial charge in [-0.15, -0.1) is 0 Å². The van der Waals surface area contributed by atoms with Crippen molar-refractivity contribution in [1.29, 1.82) is 0 Å². The molecule has 1 fully saturated rings. The third-order valence-corrected chi connectivity index (χ3v) is 4.37. The first-order valence-corrected chi connectivity index (χ1v) is 8.13. The maximum absolute atomic E-state index is 4.28. The number of nitrogens with one attached hydrogen (secondary N) is 1. The summed E-state index contributed by atoms with van der Waals surface area (Å²) in [6, 6.07) is 13.8. The summed E-state index contributed by atoms with van der Waals surface area (Å²) in [6.45, 7) is 5.21. The molecule has 0 bridgehead atoms. The second-order valence-electron chi connectivity index (χ2n) is 5.68. The second kappa shape index (κ2) is 6.69. The van der Waals surface area contributed by atoms with Crippen LogP contribution >= 0.6 is 15.9 Å². The van der Waals surface area contributed by atoms with Crippen LogP contribution in [0.5, 0.6) is 0 Å². The Labute approximate surface area is 134 Å². The third kappa shape index (κ3) is 3.70. The van der Waals surface area contributed by atoms with E-state index in [-0.39, 0.29) is 0 Å². The lowest BCUT2D eigenvalue weighted by atomic mass is 10.0. The highest BCUT2D eigenvalue weighted by Crippen LogP contribution is 2.25. The molecule has 0 aliphatic carbocycles. The van der Waals surface area contributed by atoms with E-state index < -0.39 is 0 Å². The van der Waals surface area contributed by atoms with Gasteiger partial charge in [0.05, 0.1) is 0 Å². The normalized spacial score (nSPS) is 23.1. The minimum absolute atomic E-state index is 0.418. The van der Waals surface area contributed by atoms with E-state index in [0.717, 1.165) is 24.1 Å². The first-order valence-electron chi connectivity index (χ1n) is 7.34. The molecule has 0 radical (unpaired) electrons. The zero-order chi connectivity index (χ0) is 14.7. The molecule has 1 saturated heterocycles. The number of halogens is 1. The molecule has 4 heteroatoms. The van der Waals surface area contributed by atoms with Gasteiger partial charge in [-0.25, -0.2) is 0 Å². The molecule has 0 amide bonds. The van der Waals surface area contributed by atoms with Crippen molar-refractivity contribution in [2.45, 2.75) is 25.6 Å². The van der Waals surface area contributed by atoms with E-state index in [1.165, 1.54) is 11.1 Å². The lowest BCUT2D eigenvalue weighted by molar-refractivity contribution is 0.127. The molecule has 1 aliphatic rings. The SMILES string of the molecule is CC1CN(Cc2cncc(Br)c2)C(c2ccccc2)CN1. The Hall–Kier alpha value is -1.23. The predicted octanol–water partition coefficient (Wildman–Crippen LogP) is 3.38. The average Bonchev–Trinajstić information content (AvgIpc) is 2.48. The summed E-state index contributed by atoms with van der Waals surface area (Å²) in [6.07, 6.45) is 3.79. The molecule has 3 nitrogen and oxygen atoms in total. The summed E-state index contributed by atoms with van der Waals surface area (Å²) in [7, 11) is 0. The Balaban J connectivity index is 1.82. The fraction of sp³-hybridized carbons (Fsp3) is 0.353. The van der Waals surface area contributed by atoms with Gasteiger partial charge >= 0.3 is 0 Å². The van der Waals surface area contributed by atoms with E-state index in [1.54, 1.807) is 0 Å². The molecule has 1 aromatic heterocycles. The lowest BCUT2D eigenvalue weighted by Crippen LogP contribution is -2.50. The number of rotatable bonds is 3. The van der Waals surface area contributed by atoms with Crippen LogP contribution < -0.4 is 5.32 Å². The molecule has 2 unspecified atom stereocenters. The molecule has 3 rings (SSSR count). The number of aromatic nitrogens is 1. The van der Waals surface area contributed by atoms with Crippen molar-refractivity contribution in [1.82, 2.24) is 15.2 Å². The largest absolute Gasteiger partial charge is 0.311 e. The van der Waals surface area contributed by atoms with E-state index in [2.05, 4.69) is 74.5 Å². The van der Waals surface area contributed by atoms with Crippen molar-refractivity contribution in [3.8, 4) is 0 Å². The number of pyridine rings is 1. The molecule has 0 spiro atoms. The van der Waals surface area contributed by atoms with E-state index >= 15 is 0 Å². The van der Waals surface area contributed by atoms with Crippen molar-refractivity contribution >= 4 is 15.9 Å². The quantitative estimate of drug-likeness (QED) is 0.924. The zero-order valence-corrected chi connectivity index (χ0v) is 13.8. The first kappa shape index (κ1) is 14.7. The van der Waals surface area contributed by atoms with Gasteiger partial charge in [-0.05, 0) is 40.0 Å². The standard InChI is InChI=1S/C17H20BrN3/c1-13-11-21(12-14-7-16(18)9-19-8-14)17(10-20-13)15-5-3-2-4-6-15/h2-9,13,17,20H,10-12H2,1H3. The molecule has 2 aromatic rings. The maximum Gasteiger partial charge on any atom is 0.0476 e. The molecule has 2 heterocycles. The van der Waals surface area contributed by atoms with Crippen molar-refractivity contribution in [2.75, 3.05) is 13.1 Å². The summed E-state index contributed by atoms with van der Waals surface area (Å²) in [4.78, 5) is 6.82. The van der Waals surface area contributed by atoms with Gasteiger partial charge in [0.15, 0.2) is 0 Å². The minimum atomic E-state index is 0.418. The van der Waals surface area contributed by atoms with Crippen LogP contribution in [0.1, 0.15) is 24.1 Å². The van der Waals surface area contributed by atoms with Crippen LogP contribution in [0.2, 0.25) is 0 Å². The van der Waals surface area contributed by atoms with Gasteiger partial charge in [-0.2, -0.15) is 0 Å². The van der Waals surface area contributed by atoms with Gasteiger partial charge in [-0.1, -0.05) is 30.3 Å². The molecule has 21 heavy (non-hydrogen) atoms. The number of hydrogen-bond donors (Lipinski definition) is 1. The molecule has 0 saturated carbocycles. The third-order valence-electron chi connectivity index (χ3n) is 3.94. The van der Waals surface area contributed by atoms with E-state index in [4.69, 9.17) is 0 Å². The lowest BCUT2D eigenvalue weighted by Gasteiger charge is -2.39. The molecular weight excluding hydrogens is 326 g/mol. The van der Waals surface area contributed by atoms with Gasteiger partial charge in [0.25, 0.3) is 0 Å². The summed E-state index contributed by atoms with van der Waals surface area (Å²) in [5, 5.41) is 3.59. The van der Waals surface area contributed by atoms with E-state index in [1.807, 2.05) is 12.4 Å². The molecule has 1 N–H and O–H groups in total. The number of nitrogens with zero attached hydrogens (tertiary/aromatic N) is 2. The minimum Gasteiger partial charge on any atom is -0.311 e. The highest BCUT2D eigenvalue weighted by atomic mass is 79.9. The Kier molecular flexibility index (Phi) is 4.68. The van der Waals surface area contributed by atoms with Crippen molar-refractivity contribution in [3.05, 3.63) is 64.4 Å². The monoisotopic (exact) mass is 345 g/mol. The number of benzene rings is 1. The van der Waals surface area contributed by atoms with Crippen molar-refractivity contribution in [2.24, 2.45) is 0 Å². The predicted molar refractivity (Wildman–Crippen MR) is 89.0 cm³/mol. The van der Waals surface area contributed by atoms with Crippen LogP contribution in [0, 0.1) is 0 Å². The van der Waals surface area contributed by atoms with Gasteiger partial charge < -0.3 is 5.32 Å². The number of piperazine rings is 1. The van der Waals surface area contributed by atoms with Crippen LogP contribution in [0.3, 0.4) is 0 Å². The Morgan fingerprint density at radius 3 is 2.86 bits per heavy atom. The molecule has 1 aliphatic heterocycles. The molecule has 110 valence electrons. The highest BCUT2D eigenvalue weighted by molar-refractivity contribution is 9.10. The second-order valence-corrected chi connectivity index (χ2v) is 6.59. The summed E-state index contributed by atoms with van der Waals surface area (Å²) < 4.78 is 1.04. The average molecular weight is 346 g/mol. The van der Waals surface area contributed by atoms with Crippen molar-refractivity contribution in [3.63, 3.8) is 0 Å². The fourth-order valence-corrected chi connectivity index (χ4v) is 3.35. The van der Waals surface area contributed by atoms with Crippen LogP contribution in [-0.2, 0) is 6.54 Å². The van der Waals surface area contributed by atoms with Gasteiger partial charge in [0.2, 0.25) is 0 Å². The zero-order valence-electron chi connectivity index (χ0n) is 12.2. The van der Waals surface area contributed by atoms with E-state index in [9.17, 15) is 0 Å². The van der Waals surface area contributed by atoms with Gasteiger partial charge in [0.1, 0.15) is 0 Å².